The number of aliphatic hydroxyl groups is 1. The molecule has 1 aliphatic heterocycles. The monoisotopic (exact) mass is 286 g/mol. The summed E-state index contributed by atoms with van der Waals surface area (Å²) in [4.78, 5) is 4.93. The van der Waals surface area contributed by atoms with Gasteiger partial charge in [0.1, 0.15) is 17.4 Å². The number of piperazine rings is 1. The van der Waals surface area contributed by atoms with Crippen LogP contribution in [-0.4, -0.2) is 53.7 Å². The highest BCUT2D eigenvalue weighted by atomic mass is 16.4. The first kappa shape index (κ1) is 13.3. The maximum absolute atomic E-state index is 10.4. The first-order valence-corrected chi connectivity index (χ1v) is 7.92. The van der Waals surface area contributed by atoms with Crippen LogP contribution in [0.5, 0.6) is 0 Å². The van der Waals surface area contributed by atoms with E-state index in [1.165, 1.54) is 12.8 Å². The van der Waals surface area contributed by atoms with Gasteiger partial charge in [-0.15, -0.1) is 0 Å². The molecule has 1 unspecified atom stereocenters. The lowest BCUT2D eigenvalue weighted by Gasteiger charge is -2.35. The number of aliphatic hydroxyl groups excluding tert-OH is 1. The number of benzene rings is 1. The van der Waals surface area contributed by atoms with Crippen molar-refractivity contribution in [1.82, 2.24) is 9.80 Å². The molecule has 2 aromatic rings. The highest BCUT2D eigenvalue weighted by Gasteiger charge is 2.31. The van der Waals surface area contributed by atoms with E-state index in [9.17, 15) is 5.11 Å². The molecule has 0 radical (unpaired) electrons. The summed E-state index contributed by atoms with van der Waals surface area (Å²) in [7, 11) is 0. The van der Waals surface area contributed by atoms with Crippen molar-refractivity contribution in [3.05, 3.63) is 36.1 Å². The summed E-state index contributed by atoms with van der Waals surface area (Å²) in [6.07, 6.45) is 2.22. The number of hydrogen-bond acceptors (Lipinski definition) is 4. The van der Waals surface area contributed by atoms with Crippen LogP contribution in [0.3, 0.4) is 0 Å². The van der Waals surface area contributed by atoms with Crippen molar-refractivity contribution in [3.8, 4) is 0 Å². The minimum Gasteiger partial charge on any atom is -0.458 e. The predicted molar refractivity (Wildman–Crippen MR) is 82.2 cm³/mol. The van der Waals surface area contributed by atoms with Crippen molar-refractivity contribution >= 4 is 11.0 Å². The minimum atomic E-state index is -0.537. The number of rotatable bonds is 4. The van der Waals surface area contributed by atoms with Gasteiger partial charge < -0.3 is 9.52 Å². The smallest absolute Gasteiger partial charge is 0.135 e. The zero-order valence-corrected chi connectivity index (χ0v) is 12.2. The number of hydrogen-bond donors (Lipinski definition) is 1. The SMILES string of the molecule is OC(CN1CCN(C2CC2)CC1)c1cc2ccccc2o1. The van der Waals surface area contributed by atoms with Gasteiger partial charge in [0, 0.05) is 44.2 Å². The molecule has 1 aliphatic carbocycles. The Morgan fingerprint density at radius 1 is 1.14 bits per heavy atom. The predicted octanol–water partition coefficient (Wildman–Crippen LogP) is 2.25. The van der Waals surface area contributed by atoms with Gasteiger partial charge in [0.2, 0.25) is 0 Å². The van der Waals surface area contributed by atoms with Gasteiger partial charge in [-0.1, -0.05) is 18.2 Å². The van der Waals surface area contributed by atoms with Crippen LogP contribution in [-0.2, 0) is 0 Å². The summed E-state index contributed by atoms with van der Waals surface area (Å²) in [5.41, 5.74) is 0.852. The van der Waals surface area contributed by atoms with E-state index in [2.05, 4.69) is 9.80 Å². The fourth-order valence-corrected chi connectivity index (χ4v) is 3.25. The van der Waals surface area contributed by atoms with Crippen LogP contribution in [0.2, 0.25) is 0 Å². The lowest BCUT2D eigenvalue weighted by molar-refractivity contribution is 0.0605. The molecule has 0 bridgehead atoms. The molecular formula is C17H22N2O2. The standard InChI is InChI=1S/C17H22N2O2/c20-15(17-11-13-3-1-2-4-16(13)21-17)12-18-7-9-19(10-8-18)14-5-6-14/h1-4,11,14-15,20H,5-10,12H2. The fraction of sp³-hybridized carbons (Fsp3) is 0.529. The van der Waals surface area contributed by atoms with Crippen LogP contribution in [0.4, 0.5) is 0 Å². The number of β-amino-alcohol motifs (C(OH)–C–C–N with tert-alkyl or cyclic N) is 1. The molecule has 0 spiro atoms. The maximum atomic E-state index is 10.4. The van der Waals surface area contributed by atoms with Gasteiger partial charge in [-0.2, -0.15) is 0 Å². The second-order valence-electron chi connectivity index (χ2n) is 6.27. The van der Waals surface area contributed by atoms with E-state index in [0.29, 0.717) is 12.3 Å². The molecule has 4 rings (SSSR count). The van der Waals surface area contributed by atoms with Gasteiger partial charge in [0.05, 0.1) is 0 Å². The minimum absolute atomic E-state index is 0.537. The molecule has 21 heavy (non-hydrogen) atoms. The van der Waals surface area contributed by atoms with Gasteiger partial charge in [-0.25, -0.2) is 0 Å². The molecule has 0 amide bonds. The van der Waals surface area contributed by atoms with Crippen LogP contribution in [0, 0.1) is 0 Å². The second-order valence-corrected chi connectivity index (χ2v) is 6.27. The third kappa shape index (κ3) is 2.84. The number of para-hydroxylation sites is 1. The Morgan fingerprint density at radius 2 is 1.90 bits per heavy atom. The van der Waals surface area contributed by atoms with E-state index >= 15 is 0 Å². The zero-order chi connectivity index (χ0) is 14.2. The number of furan rings is 1. The fourth-order valence-electron chi connectivity index (χ4n) is 3.25. The van der Waals surface area contributed by atoms with Crippen molar-refractivity contribution in [1.29, 1.82) is 0 Å². The lowest BCUT2D eigenvalue weighted by atomic mass is 10.2. The van der Waals surface area contributed by atoms with Gasteiger partial charge in [0.15, 0.2) is 0 Å². The Morgan fingerprint density at radius 3 is 2.62 bits per heavy atom. The normalized spacial score (nSPS) is 22.7. The molecule has 1 saturated heterocycles. The lowest BCUT2D eigenvalue weighted by Crippen LogP contribution is -2.48. The molecule has 1 N–H and O–H groups in total. The number of fused-ring (bicyclic) bond motifs is 1. The molecule has 2 fully saturated rings. The average Bonchev–Trinajstić information content (AvgIpc) is 3.26. The Balaban J connectivity index is 1.37. The van der Waals surface area contributed by atoms with Gasteiger partial charge in [0.25, 0.3) is 0 Å². The van der Waals surface area contributed by atoms with E-state index in [4.69, 9.17) is 4.42 Å². The summed E-state index contributed by atoms with van der Waals surface area (Å²) in [6.45, 7) is 5.04. The Hall–Kier alpha value is -1.36. The van der Waals surface area contributed by atoms with E-state index in [-0.39, 0.29) is 0 Å². The first-order chi connectivity index (χ1) is 10.3. The van der Waals surface area contributed by atoms with Crippen molar-refractivity contribution in [2.45, 2.75) is 25.0 Å². The molecule has 4 heteroatoms. The summed E-state index contributed by atoms with van der Waals surface area (Å²) < 4.78 is 5.75. The van der Waals surface area contributed by atoms with Crippen LogP contribution in [0.1, 0.15) is 24.7 Å². The topological polar surface area (TPSA) is 39.9 Å². The summed E-state index contributed by atoms with van der Waals surface area (Å²) in [5.74, 6) is 0.681. The molecule has 1 atom stereocenters. The molecule has 112 valence electrons. The molecule has 2 aliphatic rings. The van der Waals surface area contributed by atoms with Gasteiger partial charge >= 0.3 is 0 Å². The molecule has 1 saturated carbocycles. The van der Waals surface area contributed by atoms with E-state index in [1.54, 1.807) is 0 Å². The second kappa shape index (κ2) is 5.44. The van der Waals surface area contributed by atoms with E-state index in [0.717, 1.165) is 43.2 Å². The van der Waals surface area contributed by atoms with Crippen molar-refractivity contribution in [3.63, 3.8) is 0 Å². The molecule has 4 nitrogen and oxygen atoms in total. The Kier molecular flexibility index (Phi) is 3.45. The van der Waals surface area contributed by atoms with Crippen LogP contribution < -0.4 is 0 Å². The molecule has 1 aromatic carbocycles. The van der Waals surface area contributed by atoms with E-state index < -0.39 is 6.10 Å². The molecule has 1 aromatic heterocycles. The van der Waals surface area contributed by atoms with Crippen molar-refractivity contribution < 1.29 is 9.52 Å². The maximum Gasteiger partial charge on any atom is 0.135 e. The summed E-state index contributed by atoms with van der Waals surface area (Å²) >= 11 is 0. The Labute approximate surface area is 124 Å². The van der Waals surface area contributed by atoms with Gasteiger partial charge in [-0.3, -0.25) is 9.80 Å². The van der Waals surface area contributed by atoms with Crippen LogP contribution >= 0.6 is 0 Å². The highest BCUT2D eigenvalue weighted by molar-refractivity contribution is 5.77. The van der Waals surface area contributed by atoms with E-state index in [1.807, 2.05) is 30.3 Å². The number of nitrogens with zero attached hydrogens (tertiary/aromatic N) is 2. The third-order valence-corrected chi connectivity index (χ3v) is 4.67. The summed E-state index contributed by atoms with van der Waals surface area (Å²) in [6, 6.07) is 10.7. The van der Waals surface area contributed by atoms with Crippen molar-refractivity contribution in [2.24, 2.45) is 0 Å². The van der Waals surface area contributed by atoms with Crippen molar-refractivity contribution in [2.75, 3.05) is 32.7 Å². The largest absolute Gasteiger partial charge is 0.458 e. The molecule has 2 heterocycles. The Bertz CT molecular complexity index is 579. The summed E-state index contributed by atoms with van der Waals surface area (Å²) in [5, 5.41) is 11.5. The van der Waals surface area contributed by atoms with Crippen LogP contribution in [0.25, 0.3) is 11.0 Å². The quantitative estimate of drug-likeness (QED) is 0.936. The van der Waals surface area contributed by atoms with Crippen LogP contribution in [0.15, 0.2) is 34.7 Å². The molecular weight excluding hydrogens is 264 g/mol. The van der Waals surface area contributed by atoms with Gasteiger partial charge in [-0.05, 0) is 25.0 Å². The average molecular weight is 286 g/mol. The highest BCUT2D eigenvalue weighted by Crippen LogP contribution is 2.28. The first-order valence-electron chi connectivity index (χ1n) is 7.92. The zero-order valence-electron chi connectivity index (χ0n) is 12.2. The third-order valence-electron chi connectivity index (χ3n) is 4.67.